The second-order valence-electron chi connectivity index (χ2n) is 4.36. The molecule has 0 aromatic carbocycles. The highest BCUT2D eigenvalue weighted by molar-refractivity contribution is 5.66. The lowest BCUT2D eigenvalue weighted by Crippen LogP contribution is -2.18. The molecule has 0 bridgehead atoms. The highest BCUT2D eigenvalue weighted by atomic mass is 15.2. The minimum Gasteiger partial charge on any atom is -0.382 e. The van der Waals surface area contributed by atoms with Crippen LogP contribution in [0.3, 0.4) is 0 Å². The van der Waals surface area contributed by atoms with Gasteiger partial charge in [-0.3, -0.25) is 0 Å². The third kappa shape index (κ3) is 1.40. The van der Waals surface area contributed by atoms with E-state index in [0.717, 1.165) is 11.5 Å². The molecule has 15 heavy (non-hydrogen) atoms. The summed E-state index contributed by atoms with van der Waals surface area (Å²) in [6.07, 6.45) is 7.74. The largest absolute Gasteiger partial charge is 0.382 e. The highest BCUT2D eigenvalue weighted by Gasteiger charge is 2.38. The monoisotopic (exact) mass is 203 g/mol. The van der Waals surface area contributed by atoms with Crippen molar-refractivity contribution in [3.63, 3.8) is 0 Å². The number of nitrogens with two attached hydrogens (primary N) is 1. The van der Waals surface area contributed by atoms with Crippen LogP contribution in [0.2, 0.25) is 0 Å². The zero-order valence-electron chi connectivity index (χ0n) is 8.57. The molecule has 1 aliphatic rings. The van der Waals surface area contributed by atoms with Gasteiger partial charge in [0.1, 0.15) is 5.82 Å². The van der Waals surface area contributed by atoms with E-state index in [-0.39, 0.29) is 5.54 Å². The lowest BCUT2D eigenvalue weighted by Gasteiger charge is -2.13. The van der Waals surface area contributed by atoms with E-state index in [1.165, 1.54) is 12.8 Å². The summed E-state index contributed by atoms with van der Waals surface area (Å²) in [5.41, 5.74) is 6.74. The van der Waals surface area contributed by atoms with Crippen molar-refractivity contribution in [2.75, 3.05) is 11.1 Å². The number of nitrogen functional groups attached to an aromatic ring is 1. The quantitative estimate of drug-likeness (QED) is 0.771. The van der Waals surface area contributed by atoms with Crippen molar-refractivity contribution in [1.82, 2.24) is 14.4 Å². The maximum absolute atomic E-state index is 5.72. The minimum absolute atomic E-state index is 0.188. The summed E-state index contributed by atoms with van der Waals surface area (Å²) in [5, 5.41) is 3.39. The molecule has 2 aromatic heterocycles. The molecule has 0 unspecified atom stereocenters. The summed E-state index contributed by atoms with van der Waals surface area (Å²) >= 11 is 0. The van der Waals surface area contributed by atoms with E-state index in [0.29, 0.717) is 5.82 Å². The number of nitrogens with one attached hydrogen (secondary N) is 1. The fourth-order valence-corrected chi connectivity index (χ4v) is 1.63. The van der Waals surface area contributed by atoms with Crippen LogP contribution in [-0.4, -0.2) is 19.9 Å². The van der Waals surface area contributed by atoms with Crippen molar-refractivity contribution in [1.29, 1.82) is 0 Å². The van der Waals surface area contributed by atoms with E-state index >= 15 is 0 Å². The first-order valence-corrected chi connectivity index (χ1v) is 5.04. The normalized spacial score (nSPS) is 17.9. The number of hydrogen-bond donors (Lipinski definition) is 2. The van der Waals surface area contributed by atoms with Gasteiger partial charge in [0.2, 0.25) is 0 Å². The Morgan fingerprint density at radius 3 is 3.07 bits per heavy atom. The van der Waals surface area contributed by atoms with Gasteiger partial charge in [-0.2, -0.15) is 0 Å². The first kappa shape index (κ1) is 8.52. The summed E-state index contributed by atoms with van der Waals surface area (Å²) in [5.74, 6) is 1.28. The van der Waals surface area contributed by atoms with Gasteiger partial charge in [0, 0.05) is 17.9 Å². The van der Waals surface area contributed by atoms with Crippen molar-refractivity contribution in [3.8, 4) is 0 Å². The maximum atomic E-state index is 5.72. The predicted octanol–water partition coefficient (Wildman–Crippen LogP) is 1.28. The molecule has 1 fully saturated rings. The molecule has 0 atom stereocenters. The van der Waals surface area contributed by atoms with Gasteiger partial charge in [-0.15, -0.1) is 0 Å². The van der Waals surface area contributed by atoms with Crippen LogP contribution in [0, 0.1) is 0 Å². The first-order valence-electron chi connectivity index (χ1n) is 5.04. The Kier molecular flexibility index (Phi) is 1.49. The van der Waals surface area contributed by atoms with Crippen molar-refractivity contribution >= 4 is 17.3 Å². The summed E-state index contributed by atoms with van der Waals surface area (Å²) < 4.78 is 1.89. The van der Waals surface area contributed by atoms with Gasteiger partial charge in [0.25, 0.3) is 0 Å². The molecular formula is C10H13N5. The van der Waals surface area contributed by atoms with Gasteiger partial charge in [-0.05, 0) is 19.8 Å². The SMILES string of the molecule is CC1(Nc2nc(N)cn3ccnc23)CC1. The van der Waals surface area contributed by atoms with Crippen molar-refractivity contribution in [2.45, 2.75) is 25.3 Å². The van der Waals surface area contributed by atoms with Crippen LogP contribution in [0.15, 0.2) is 18.6 Å². The maximum Gasteiger partial charge on any atom is 0.180 e. The van der Waals surface area contributed by atoms with Crippen LogP contribution >= 0.6 is 0 Å². The minimum atomic E-state index is 0.188. The molecule has 0 amide bonds. The zero-order chi connectivity index (χ0) is 10.5. The molecule has 1 saturated carbocycles. The molecule has 78 valence electrons. The Morgan fingerprint density at radius 2 is 2.33 bits per heavy atom. The Balaban J connectivity index is 2.11. The second-order valence-corrected chi connectivity index (χ2v) is 4.36. The molecular weight excluding hydrogens is 190 g/mol. The molecule has 0 aliphatic heterocycles. The number of anilines is 2. The van der Waals surface area contributed by atoms with E-state index in [2.05, 4.69) is 22.2 Å². The number of hydrogen-bond acceptors (Lipinski definition) is 4. The fraction of sp³-hybridized carbons (Fsp3) is 0.400. The van der Waals surface area contributed by atoms with Crippen molar-refractivity contribution < 1.29 is 0 Å². The Hall–Kier alpha value is -1.78. The van der Waals surface area contributed by atoms with Gasteiger partial charge in [-0.25, -0.2) is 9.97 Å². The Bertz CT molecular complexity index is 512. The fourth-order valence-electron chi connectivity index (χ4n) is 1.63. The summed E-state index contributed by atoms with van der Waals surface area (Å²) in [7, 11) is 0. The number of fused-ring (bicyclic) bond motifs is 1. The molecule has 5 nitrogen and oxygen atoms in total. The third-order valence-corrected chi connectivity index (χ3v) is 2.81. The van der Waals surface area contributed by atoms with Gasteiger partial charge in [-0.1, -0.05) is 0 Å². The van der Waals surface area contributed by atoms with Crippen LogP contribution in [-0.2, 0) is 0 Å². The molecule has 0 saturated heterocycles. The number of imidazole rings is 1. The van der Waals surface area contributed by atoms with Crippen LogP contribution in [0.4, 0.5) is 11.6 Å². The number of aromatic nitrogens is 3. The van der Waals surface area contributed by atoms with E-state index < -0.39 is 0 Å². The van der Waals surface area contributed by atoms with Crippen LogP contribution < -0.4 is 11.1 Å². The number of nitrogens with zero attached hydrogens (tertiary/aromatic N) is 3. The smallest absolute Gasteiger partial charge is 0.180 e. The van der Waals surface area contributed by atoms with Crippen molar-refractivity contribution in [2.24, 2.45) is 0 Å². The van der Waals surface area contributed by atoms with Crippen LogP contribution in [0.1, 0.15) is 19.8 Å². The first-order chi connectivity index (χ1) is 7.16. The molecule has 3 N–H and O–H groups in total. The average Bonchev–Trinajstić information content (AvgIpc) is 2.73. The summed E-state index contributed by atoms with van der Waals surface area (Å²) in [6, 6.07) is 0. The van der Waals surface area contributed by atoms with Gasteiger partial charge < -0.3 is 15.5 Å². The standard InChI is InChI=1S/C10H13N5/c1-10(2-3-10)14-8-9-12-4-5-15(9)6-7(11)13-8/h4-6H,2-3,11H2,1H3,(H,13,14). The van der Waals surface area contributed by atoms with Crippen molar-refractivity contribution in [3.05, 3.63) is 18.6 Å². The van der Waals surface area contributed by atoms with E-state index in [1.807, 2.05) is 10.6 Å². The molecule has 2 aromatic rings. The van der Waals surface area contributed by atoms with E-state index in [1.54, 1.807) is 12.4 Å². The van der Waals surface area contributed by atoms with Gasteiger partial charge in [0.15, 0.2) is 11.5 Å². The van der Waals surface area contributed by atoms with E-state index in [4.69, 9.17) is 5.73 Å². The lowest BCUT2D eigenvalue weighted by molar-refractivity contribution is 0.820. The van der Waals surface area contributed by atoms with E-state index in [9.17, 15) is 0 Å². The van der Waals surface area contributed by atoms with Gasteiger partial charge >= 0.3 is 0 Å². The molecule has 5 heteroatoms. The molecule has 0 spiro atoms. The lowest BCUT2D eigenvalue weighted by atomic mass is 10.3. The summed E-state index contributed by atoms with van der Waals surface area (Å²) in [6.45, 7) is 2.18. The topological polar surface area (TPSA) is 68.2 Å². The molecule has 3 rings (SSSR count). The van der Waals surface area contributed by atoms with Gasteiger partial charge in [0.05, 0.1) is 6.20 Å². The average molecular weight is 203 g/mol. The molecule has 0 radical (unpaired) electrons. The summed E-state index contributed by atoms with van der Waals surface area (Å²) in [4.78, 5) is 8.54. The molecule has 1 aliphatic carbocycles. The second kappa shape index (κ2) is 2.62. The predicted molar refractivity (Wildman–Crippen MR) is 58.7 cm³/mol. The van der Waals surface area contributed by atoms with Crippen LogP contribution in [0.5, 0.6) is 0 Å². The zero-order valence-corrected chi connectivity index (χ0v) is 8.57. The van der Waals surface area contributed by atoms with Crippen LogP contribution in [0.25, 0.3) is 5.65 Å². The number of rotatable bonds is 2. The Morgan fingerprint density at radius 1 is 1.53 bits per heavy atom. The molecule has 2 heterocycles. The Labute approximate surface area is 87.3 Å². The highest BCUT2D eigenvalue weighted by Crippen LogP contribution is 2.38. The third-order valence-electron chi connectivity index (χ3n) is 2.81.